The zero-order valence-corrected chi connectivity index (χ0v) is 16.5. The monoisotopic (exact) mass is 426 g/mol. The average molecular weight is 426 g/mol. The van der Waals surface area contributed by atoms with Gasteiger partial charge in [-0.05, 0) is 5.56 Å². The summed E-state index contributed by atoms with van der Waals surface area (Å²) in [7, 11) is 0. The maximum atomic E-state index is 11.5. The van der Waals surface area contributed by atoms with Crippen molar-refractivity contribution >= 4 is 28.9 Å². The molecule has 162 valence electrons. The van der Waals surface area contributed by atoms with Gasteiger partial charge >= 0.3 is 5.97 Å². The summed E-state index contributed by atoms with van der Waals surface area (Å²) in [5, 5.41) is 24.7. The Morgan fingerprint density at radius 2 is 2.00 bits per heavy atom. The fourth-order valence-electron chi connectivity index (χ4n) is 3.46. The van der Waals surface area contributed by atoms with Crippen LogP contribution in [0.3, 0.4) is 0 Å². The number of aliphatic hydroxyl groups is 1. The number of benzene rings is 1. The lowest BCUT2D eigenvalue weighted by Gasteiger charge is -2.16. The van der Waals surface area contributed by atoms with Crippen molar-refractivity contribution in [2.75, 3.05) is 11.9 Å². The first-order chi connectivity index (χ1) is 15.0. The van der Waals surface area contributed by atoms with Gasteiger partial charge in [-0.2, -0.15) is 0 Å². The molecule has 1 amide bonds. The molecule has 3 heterocycles. The lowest BCUT2D eigenvalue weighted by atomic mass is 10.2. The molecule has 1 aliphatic heterocycles. The maximum Gasteiger partial charge on any atom is 0.312 e. The molecule has 0 bridgehead atoms. The summed E-state index contributed by atoms with van der Waals surface area (Å²) in [6.45, 7) is 0.589. The standard InChI is InChI=1S/C20H22N6O5/c27-13-6-16(31-14(13)9-21-15(28)7-17(29)30)26-11-25-18-19(23-10-24-20(18)26)22-8-12-4-2-1-3-5-12/h1-5,10-11,13-14,16,27H,6-9H2,(H,21,28)(H,29,30)(H,22,23,24)/t13-,14+,16+/m0/s1. The van der Waals surface area contributed by atoms with Crippen LogP contribution in [0.5, 0.6) is 0 Å². The van der Waals surface area contributed by atoms with Crippen molar-refractivity contribution in [2.45, 2.75) is 37.8 Å². The van der Waals surface area contributed by atoms with Gasteiger partial charge in [-0.3, -0.25) is 14.2 Å². The summed E-state index contributed by atoms with van der Waals surface area (Å²) in [6, 6.07) is 9.89. The number of carbonyl (C=O) groups is 2. The Labute approximate surface area is 177 Å². The van der Waals surface area contributed by atoms with Crippen LogP contribution in [0.1, 0.15) is 24.6 Å². The minimum absolute atomic E-state index is 0.00920. The quantitative estimate of drug-likeness (QED) is 0.381. The van der Waals surface area contributed by atoms with E-state index in [9.17, 15) is 14.7 Å². The van der Waals surface area contributed by atoms with Crippen molar-refractivity contribution in [2.24, 2.45) is 0 Å². The van der Waals surface area contributed by atoms with Gasteiger partial charge in [0.2, 0.25) is 5.91 Å². The van der Waals surface area contributed by atoms with E-state index < -0.39 is 36.7 Å². The minimum Gasteiger partial charge on any atom is -0.481 e. The third kappa shape index (κ3) is 4.78. The van der Waals surface area contributed by atoms with Crippen LogP contribution in [0.2, 0.25) is 0 Å². The molecule has 0 saturated carbocycles. The third-order valence-corrected chi connectivity index (χ3v) is 4.99. The molecule has 0 unspecified atom stereocenters. The molecule has 11 heteroatoms. The smallest absolute Gasteiger partial charge is 0.312 e. The van der Waals surface area contributed by atoms with Crippen LogP contribution in [0, 0.1) is 0 Å². The number of aliphatic hydroxyl groups excluding tert-OH is 1. The van der Waals surface area contributed by atoms with E-state index in [1.54, 1.807) is 10.9 Å². The summed E-state index contributed by atoms with van der Waals surface area (Å²) in [4.78, 5) is 35.1. The molecule has 31 heavy (non-hydrogen) atoms. The fraction of sp³-hybridized carbons (Fsp3) is 0.350. The Bertz CT molecular complexity index is 1070. The molecule has 11 nitrogen and oxygen atoms in total. The maximum absolute atomic E-state index is 11.5. The van der Waals surface area contributed by atoms with E-state index in [1.165, 1.54) is 6.33 Å². The molecular formula is C20H22N6O5. The summed E-state index contributed by atoms with van der Waals surface area (Å²) < 4.78 is 7.60. The molecule has 3 atom stereocenters. The van der Waals surface area contributed by atoms with Crippen molar-refractivity contribution in [3.8, 4) is 0 Å². The van der Waals surface area contributed by atoms with Gasteiger partial charge in [0.1, 0.15) is 25.1 Å². The SMILES string of the molecule is O=C(O)CC(=O)NC[C@H]1O[C@@H](n2cnc3c(NCc4ccccc4)ncnc32)C[C@@H]1O. The lowest BCUT2D eigenvalue weighted by molar-refractivity contribution is -0.140. The lowest BCUT2D eigenvalue weighted by Crippen LogP contribution is -2.37. The van der Waals surface area contributed by atoms with Crippen LogP contribution < -0.4 is 10.6 Å². The van der Waals surface area contributed by atoms with Gasteiger partial charge < -0.3 is 25.6 Å². The predicted octanol–water partition coefficient (Wildman–Crippen LogP) is 0.678. The van der Waals surface area contributed by atoms with Crippen LogP contribution >= 0.6 is 0 Å². The second-order valence-electron chi connectivity index (χ2n) is 7.19. The van der Waals surface area contributed by atoms with E-state index in [4.69, 9.17) is 9.84 Å². The Hall–Kier alpha value is -3.57. The van der Waals surface area contributed by atoms with Crippen molar-refractivity contribution in [1.82, 2.24) is 24.8 Å². The normalized spacial score (nSPS) is 20.6. The number of carboxylic acids is 1. The number of amides is 1. The molecule has 1 fully saturated rings. The van der Waals surface area contributed by atoms with E-state index in [-0.39, 0.29) is 13.0 Å². The molecule has 4 rings (SSSR count). The third-order valence-electron chi connectivity index (χ3n) is 4.99. The molecule has 3 aromatic rings. The molecule has 1 saturated heterocycles. The second kappa shape index (κ2) is 9.06. The van der Waals surface area contributed by atoms with Gasteiger partial charge in [-0.1, -0.05) is 30.3 Å². The summed E-state index contributed by atoms with van der Waals surface area (Å²) in [5.41, 5.74) is 2.23. The van der Waals surface area contributed by atoms with Gasteiger partial charge in [0.05, 0.1) is 12.4 Å². The molecular weight excluding hydrogens is 404 g/mol. The second-order valence-corrected chi connectivity index (χ2v) is 7.19. The first-order valence-corrected chi connectivity index (χ1v) is 9.78. The van der Waals surface area contributed by atoms with Gasteiger partial charge in [0, 0.05) is 19.5 Å². The molecule has 2 aromatic heterocycles. The number of carboxylic acid groups (broad SMARTS) is 1. The topological polar surface area (TPSA) is 151 Å². The number of hydrogen-bond donors (Lipinski definition) is 4. The van der Waals surface area contributed by atoms with E-state index in [0.29, 0.717) is 23.5 Å². The van der Waals surface area contributed by atoms with Crippen LogP contribution in [-0.2, 0) is 20.9 Å². The predicted molar refractivity (Wildman–Crippen MR) is 109 cm³/mol. The van der Waals surface area contributed by atoms with Gasteiger partial charge in [0.25, 0.3) is 0 Å². The number of aliphatic carboxylic acids is 1. The molecule has 0 radical (unpaired) electrons. The first-order valence-electron chi connectivity index (χ1n) is 9.78. The highest BCUT2D eigenvalue weighted by Crippen LogP contribution is 2.31. The number of hydrogen-bond acceptors (Lipinski definition) is 8. The summed E-state index contributed by atoms with van der Waals surface area (Å²) >= 11 is 0. The highest BCUT2D eigenvalue weighted by Gasteiger charge is 2.36. The highest BCUT2D eigenvalue weighted by molar-refractivity contribution is 5.93. The number of ether oxygens (including phenoxy) is 1. The zero-order valence-electron chi connectivity index (χ0n) is 16.5. The van der Waals surface area contributed by atoms with Crippen LogP contribution in [0.25, 0.3) is 11.2 Å². The Kier molecular flexibility index (Phi) is 6.05. The minimum atomic E-state index is -1.22. The number of anilines is 1. The number of aromatic nitrogens is 4. The first kappa shape index (κ1) is 20.7. The highest BCUT2D eigenvalue weighted by atomic mass is 16.5. The van der Waals surface area contributed by atoms with E-state index >= 15 is 0 Å². The van der Waals surface area contributed by atoms with E-state index in [2.05, 4.69) is 25.6 Å². The fourth-order valence-corrected chi connectivity index (χ4v) is 3.46. The number of fused-ring (bicyclic) bond motifs is 1. The number of carbonyl (C=O) groups excluding carboxylic acids is 1. The molecule has 0 aliphatic carbocycles. The van der Waals surface area contributed by atoms with Crippen molar-refractivity contribution in [3.05, 3.63) is 48.5 Å². The van der Waals surface area contributed by atoms with Gasteiger partial charge in [-0.15, -0.1) is 0 Å². The molecule has 1 aliphatic rings. The number of rotatable bonds is 8. The molecule has 1 aromatic carbocycles. The van der Waals surface area contributed by atoms with Gasteiger partial charge in [0.15, 0.2) is 17.0 Å². The van der Waals surface area contributed by atoms with E-state index in [1.807, 2.05) is 30.3 Å². The van der Waals surface area contributed by atoms with E-state index in [0.717, 1.165) is 5.56 Å². The Balaban J connectivity index is 1.44. The number of imidazole rings is 1. The van der Waals surface area contributed by atoms with Gasteiger partial charge in [-0.25, -0.2) is 15.0 Å². The van der Waals surface area contributed by atoms with Crippen LogP contribution in [-0.4, -0.2) is 60.4 Å². The van der Waals surface area contributed by atoms with Crippen LogP contribution in [0.15, 0.2) is 43.0 Å². The Morgan fingerprint density at radius 1 is 1.19 bits per heavy atom. The molecule has 0 spiro atoms. The largest absolute Gasteiger partial charge is 0.481 e. The summed E-state index contributed by atoms with van der Waals surface area (Å²) in [5.74, 6) is -1.27. The van der Waals surface area contributed by atoms with Crippen LogP contribution in [0.4, 0.5) is 5.82 Å². The number of nitrogens with one attached hydrogen (secondary N) is 2. The van der Waals surface area contributed by atoms with Crippen molar-refractivity contribution in [3.63, 3.8) is 0 Å². The van der Waals surface area contributed by atoms with Crippen molar-refractivity contribution < 1.29 is 24.5 Å². The average Bonchev–Trinajstić information content (AvgIpc) is 3.34. The zero-order chi connectivity index (χ0) is 21.8. The molecule has 4 N–H and O–H groups in total. The van der Waals surface area contributed by atoms with Crippen molar-refractivity contribution in [1.29, 1.82) is 0 Å². The number of nitrogens with zero attached hydrogens (tertiary/aromatic N) is 4. The Morgan fingerprint density at radius 3 is 2.77 bits per heavy atom. The summed E-state index contributed by atoms with van der Waals surface area (Å²) in [6.07, 6.45) is 0.634.